The Labute approximate surface area is 147 Å². The second kappa shape index (κ2) is 8.18. The third-order valence-corrected chi connectivity index (χ3v) is 4.38. The molecule has 1 aliphatic rings. The highest BCUT2D eigenvalue weighted by atomic mass is 16.5. The van der Waals surface area contributed by atoms with Gasteiger partial charge in [-0.05, 0) is 44.6 Å². The van der Waals surface area contributed by atoms with Crippen LogP contribution in [0.1, 0.15) is 58.3 Å². The Kier molecular flexibility index (Phi) is 6.22. The van der Waals surface area contributed by atoms with Crippen LogP contribution in [-0.4, -0.2) is 54.5 Å². The van der Waals surface area contributed by atoms with E-state index in [0.29, 0.717) is 29.3 Å². The molecule has 1 amide bonds. The van der Waals surface area contributed by atoms with Crippen molar-refractivity contribution in [1.82, 2.24) is 9.88 Å². The van der Waals surface area contributed by atoms with E-state index in [4.69, 9.17) is 9.47 Å². The molecule has 138 valence electrons. The number of hydrogen-bond acceptors (Lipinski definition) is 5. The molecule has 7 heteroatoms. The summed E-state index contributed by atoms with van der Waals surface area (Å²) in [6.45, 7) is 6.44. The first-order valence-corrected chi connectivity index (χ1v) is 8.61. The SMILES string of the molecule is CCCN(CC1CC1)C(=O)COC(=O)c1[nH]c(C)c(C(=O)OC)c1C. The molecule has 1 aromatic heterocycles. The Balaban J connectivity index is 1.99. The lowest BCUT2D eigenvalue weighted by molar-refractivity contribution is -0.134. The van der Waals surface area contributed by atoms with Gasteiger partial charge >= 0.3 is 11.9 Å². The number of nitrogens with one attached hydrogen (secondary N) is 1. The number of aromatic amines is 1. The summed E-state index contributed by atoms with van der Waals surface area (Å²) in [5, 5.41) is 0. The number of carbonyl (C=O) groups excluding carboxylic acids is 3. The fourth-order valence-electron chi connectivity index (χ4n) is 2.85. The van der Waals surface area contributed by atoms with Gasteiger partial charge in [-0.2, -0.15) is 0 Å². The fourth-order valence-corrected chi connectivity index (χ4v) is 2.85. The number of aromatic nitrogens is 1. The Bertz CT molecular complexity index is 661. The summed E-state index contributed by atoms with van der Waals surface area (Å²) in [6.07, 6.45) is 3.18. The van der Waals surface area contributed by atoms with Crippen molar-refractivity contribution >= 4 is 17.8 Å². The Morgan fingerprint density at radius 3 is 2.44 bits per heavy atom. The molecule has 1 aromatic rings. The predicted molar refractivity (Wildman–Crippen MR) is 91.5 cm³/mol. The first-order valence-electron chi connectivity index (χ1n) is 8.61. The zero-order valence-corrected chi connectivity index (χ0v) is 15.3. The van der Waals surface area contributed by atoms with E-state index in [2.05, 4.69) is 4.98 Å². The Morgan fingerprint density at radius 2 is 1.88 bits per heavy atom. The van der Waals surface area contributed by atoms with Gasteiger partial charge in [0.25, 0.3) is 5.91 Å². The highest BCUT2D eigenvalue weighted by Gasteiger charge is 2.28. The minimum Gasteiger partial charge on any atom is -0.465 e. The molecular weight excluding hydrogens is 324 g/mol. The lowest BCUT2D eigenvalue weighted by Gasteiger charge is -2.21. The Morgan fingerprint density at radius 1 is 1.20 bits per heavy atom. The van der Waals surface area contributed by atoms with Gasteiger partial charge in [-0.3, -0.25) is 4.79 Å². The third kappa shape index (κ3) is 4.61. The second-order valence-corrected chi connectivity index (χ2v) is 6.48. The van der Waals surface area contributed by atoms with Crippen LogP contribution >= 0.6 is 0 Å². The van der Waals surface area contributed by atoms with Crippen LogP contribution in [0, 0.1) is 19.8 Å². The molecule has 1 saturated carbocycles. The van der Waals surface area contributed by atoms with E-state index >= 15 is 0 Å². The van der Waals surface area contributed by atoms with Crippen LogP contribution in [0.25, 0.3) is 0 Å². The Hall–Kier alpha value is -2.31. The van der Waals surface area contributed by atoms with Gasteiger partial charge in [0.2, 0.25) is 0 Å². The van der Waals surface area contributed by atoms with Crippen LogP contribution in [0.3, 0.4) is 0 Å². The molecule has 1 aliphatic carbocycles. The van der Waals surface area contributed by atoms with Crippen molar-refractivity contribution in [2.45, 2.75) is 40.0 Å². The van der Waals surface area contributed by atoms with Gasteiger partial charge < -0.3 is 19.4 Å². The van der Waals surface area contributed by atoms with E-state index in [9.17, 15) is 14.4 Å². The summed E-state index contributed by atoms with van der Waals surface area (Å²) >= 11 is 0. The summed E-state index contributed by atoms with van der Waals surface area (Å²) in [5.41, 5.74) is 1.49. The molecule has 0 saturated heterocycles. The molecule has 1 heterocycles. The number of H-pyrrole nitrogens is 1. The average Bonchev–Trinajstić information content (AvgIpc) is 3.35. The van der Waals surface area contributed by atoms with Crippen LogP contribution in [-0.2, 0) is 14.3 Å². The third-order valence-electron chi connectivity index (χ3n) is 4.38. The normalized spacial score (nSPS) is 13.4. The van der Waals surface area contributed by atoms with E-state index in [1.165, 1.54) is 7.11 Å². The van der Waals surface area contributed by atoms with Gasteiger partial charge in [0.15, 0.2) is 6.61 Å². The van der Waals surface area contributed by atoms with Crippen molar-refractivity contribution < 1.29 is 23.9 Å². The summed E-state index contributed by atoms with van der Waals surface area (Å²) < 4.78 is 9.89. The van der Waals surface area contributed by atoms with Crippen molar-refractivity contribution in [3.05, 3.63) is 22.5 Å². The highest BCUT2D eigenvalue weighted by molar-refractivity contribution is 5.99. The minimum atomic E-state index is -0.646. The van der Waals surface area contributed by atoms with E-state index < -0.39 is 11.9 Å². The number of aryl methyl sites for hydroxylation is 1. The summed E-state index contributed by atoms with van der Waals surface area (Å²) in [5.74, 6) is -0.759. The van der Waals surface area contributed by atoms with Crippen molar-refractivity contribution in [3.63, 3.8) is 0 Å². The number of esters is 2. The molecule has 1 fully saturated rings. The van der Waals surface area contributed by atoms with Crippen LogP contribution < -0.4 is 0 Å². The lowest BCUT2D eigenvalue weighted by Crippen LogP contribution is -2.36. The summed E-state index contributed by atoms with van der Waals surface area (Å²) in [4.78, 5) is 41.0. The van der Waals surface area contributed by atoms with Crippen molar-refractivity contribution in [3.8, 4) is 0 Å². The maximum absolute atomic E-state index is 12.3. The molecule has 0 unspecified atom stereocenters. The van der Waals surface area contributed by atoms with Gasteiger partial charge in [0.1, 0.15) is 5.69 Å². The number of methoxy groups -OCH3 is 1. The largest absolute Gasteiger partial charge is 0.465 e. The van der Waals surface area contributed by atoms with Gasteiger partial charge in [-0.25, -0.2) is 9.59 Å². The van der Waals surface area contributed by atoms with Crippen LogP contribution in [0.4, 0.5) is 0 Å². The van der Waals surface area contributed by atoms with Gasteiger partial charge in [-0.1, -0.05) is 6.92 Å². The van der Waals surface area contributed by atoms with Crippen molar-refractivity contribution in [2.24, 2.45) is 5.92 Å². The topological polar surface area (TPSA) is 88.7 Å². The van der Waals surface area contributed by atoms with Gasteiger partial charge in [0.05, 0.1) is 12.7 Å². The van der Waals surface area contributed by atoms with E-state index in [1.807, 2.05) is 6.92 Å². The standard InChI is InChI=1S/C18H26N2O5/c1-5-8-20(9-13-6-7-13)14(21)10-25-18(23)16-11(2)15(12(3)19-16)17(22)24-4/h13,19H,5-10H2,1-4H3. The second-order valence-electron chi connectivity index (χ2n) is 6.48. The van der Waals surface area contributed by atoms with Gasteiger partial charge in [-0.15, -0.1) is 0 Å². The number of rotatable bonds is 8. The lowest BCUT2D eigenvalue weighted by atomic mass is 10.1. The molecule has 1 N–H and O–H groups in total. The molecule has 0 spiro atoms. The summed E-state index contributed by atoms with van der Waals surface area (Å²) in [6, 6.07) is 0. The number of ether oxygens (including phenoxy) is 2. The molecule has 2 rings (SSSR count). The molecule has 0 aromatic carbocycles. The van der Waals surface area contributed by atoms with Crippen LogP contribution in [0.5, 0.6) is 0 Å². The molecule has 0 aliphatic heterocycles. The molecule has 25 heavy (non-hydrogen) atoms. The zero-order valence-electron chi connectivity index (χ0n) is 15.3. The number of carbonyl (C=O) groups is 3. The van der Waals surface area contributed by atoms with Crippen molar-refractivity contribution in [2.75, 3.05) is 26.8 Å². The maximum atomic E-state index is 12.3. The minimum absolute atomic E-state index is 0.176. The number of nitrogens with zero attached hydrogens (tertiary/aromatic N) is 1. The first kappa shape index (κ1) is 19.0. The molecule has 0 atom stereocenters. The smallest absolute Gasteiger partial charge is 0.355 e. The average molecular weight is 350 g/mol. The zero-order chi connectivity index (χ0) is 18.6. The van der Waals surface area contributed by atoms with Crippen molar-refractivity contribution in [1.29, 1.82) is 0 Å². The number of amides is 1. The van der Waals surface area contributed by atoms with E-state index in [0.717, 1.165) is 25.8 Å². The summed E-state index contributed by atoms with van der Waals surface area (Å²) in [7, 11) is 1.28. The number of hydrogen-bond donors (Lipinski definition) is 1. The molecule has 7 nitrogen and oxygen atoms in total. The van der Waals surface area contributed by atoms with Gasteiger partial charge in [0, 0.05) is 18.8 Å². The first-order chi connectivity index (χ1) is 11.9. The molecular formula is C18H26N2O5. The van der Waals surface area contributed by atoms with E-state index in [1.54, 1.807) is 18.7 Å². The quantitative estimate of drug-likeness (QED) is 0.726. The van der Waals surface area contributed by atoms with Crippen LogP contribution in [0.15, 0.2) is 0 Å². The highest BCUT2D eigenvalue weighted by Crippen LogP contribution is 2.29. The molecule has 0 radical (unpaired) electrons. The van der Waals surface area contributed by atoms with E-state index in [-0.39, 0.29) is 18.2 Å². The maximum Gasteiger partial charge on any atom is 0.355 e. The van der Waals surface area contributed by atoms with Crippen LogP contribution in [0.2, 0.25) is 0 Å². The predicted octanol–water partition coefficient (Wildman–Crippen LogP) is 2.22. The molecule has 0 bridgehead atoms. The fraction of sp³-hybridized carbons (Fsp3) is 0.611. The monoisotopic (exact) mass is 350 g/mol.